The summed E-state index contributed by atoms with van der Waals surface area (Å²) in [6.45, 7) is 1.45. The Hall–Kier alpha value is -3.02. The predicted octanol–water partition coefficient (Wildman–Crippen LogP) is 1.76. The molecule has 1 aliphatic rings. The van der Waals surface area contributed by atoms with Crippen molar-refractivity contribution in [2.45, 2.75) is 6.04 Å². The Morgan fingerprint density at radius 3 is 2.57 bits per heavy atom. The van der Waals surface area contributed by atoms with Gasteiger partial charge in [-0.25, -0.2) is 14.6 Å². The van der Waals surface area contributed by atoms with Gasteiger partial charge in [-0.15, -0.1) is 0 Å². The summed E-state index contributed by atoms with van der Waals surface area (Å²) in [5.41, 5.74) is 1.75. The van der Waals surface area contributed by atoms with E-state index in [0.717, 1.165) is 30.2 Å². The number of aromatic nitrogens is 4. The van der Waals surface area contributed by atoms with E-state index in [1.54, 1.807) is 23.0 Å². The number of hydrogen-bond acceptors (Lipinski definition) is 5. The molecule has 4 rings (SSSR count). The molecule has 6 nitrogen and oxygen atoms in total. The molecule has 0 N–H and O–H groups in total. The maximum Gasteiger partial charge on any atom is 0.267 e. The monoisotopic (exact) mass is 305 g/mol. The number of benzene rings is 1. The normalized spacial score (nSPS) is 14.5. The van der Waals surface area contributed by atoms with Crippen molar-refractivity contribution in [1.29, 1.82) is 0 Å². The first-order valence-corrected chi connectivity index (χ1v) is 7.47. The lowest BCUT2D eigenvalue weighted by Crippen LogP contribution is -2.51. The number of hydrogen-bond donors (Lipinski definition) is 0. The number of rotatable bonds is 3. The van der Waals surface area contributed by atoms with Gasteiger partial charge in [0, 0.05) is 30.9 Å². The molecule has 1 aromatic carbocycles. The Bertz CT molecular complexity index is 857. The van der Waals surface area contributed by atoms with E-state index in [-0.39, 0.29) is 11.6 Å². The fourth-order valence-electron chi connectivity index (χ4n) is 2.72. The topological polar surface area (TPSA) is 63.9 Å². The van der Waals surface area contributed by atoms with Crippen LogP contribution in [0.4, 0.5) is 5.82 Å². The summed E-state index contributed by atoms with van der Waals surface area (Å²) in [6, 6.07) is 15.2. The SMILES string of the molecule is O=c1ccc(-c2ccccc2)nn1C1CN(c2ccncn2)C1. The molecule has 6 heteroatoms. The molecule has 0 atom stereocenters. The van der Waals surface area contributed by atoms with Crippen LogP contribution in [0.25, 0.3) is 11.3 Å². The van der Waals surface area contributed by atoms with E-state index in [1.807, 2.05) is 36.4 Å². The first-order chi connectivity index (χ1) is 11.3. The van der Waals surface area contributed by atoms with Gasteiger partial charge in [-0.2, -0.15) is 5.10 Å². The summed E-state index contributed by atoms with van der Waals surface area (Å²) in [5.74, 6) is 0.878. The van der Waals surface area contributed by atoms with Gasteiger partial charge in [-0.3, -0.25) is 4.79 Å². The van der Waals surface area contributed by atoms with Crippen LogP contribution in [-0.4, -0.2) is 32.8 Å². The largest absolute Gasteiger partial charge is 0.352 e. The molecule has 1 saturated heterocycles. The second-order valence-electron chi connectivity index (χ2n) is 5.49. The predicted molar refractivity (Wildman–Crippen MR) is 87.2 cm³/mol. The molecule has 0 aliphatic carbocycles. The third-order valence-corrected chi connectivity index (χ3v) is 3.99. The average Bonchev–Trinajstić information content (AvgIpc) is 2.57. The zero-order valence-electron chi connectivity index (χ0n) is 12.4. The van der Waals surface area contributed by atoms with Crippen LogP contribution in [0.3, 0.4) is 0 Å². The van der Waals surface area contributed by atoms with Crippen molar-refractivity contribution in [3.8, 4) is 11.3 Å². The molecule has 0 unspecified atom stereocenters. The van der Waals surface area contributed by atoms with E-state index >= 15 is 0 Å². The van der Waals surface area contributed by atoms with Gasteiger partial charge in [-0.05, 0) is 12.1 Å². The lowest BCUT2D eigenvalue weighted by molar-refractivity contribution is 0.353. The molecule has 23 heavy (non-hydrogen) atoms. The van der Waals surface area contributed by atoms with Crippen molar-refractivity contribution in [2.24, 2.45) is 0 Å². The van der Waals surface area contributed by atoms with Gasteiger partial charge >= 0.3 is 0 Å². The van der Waals surface area contributed by atoms with Crippen LogP contribution < -0.4 is 10.5 Å². The van der Waals surface area contributed by atoms with Crippen LogP contribution in [-0.2, 0) is 0 Å². The molecule has 2 aromatic heterocycles. The van der Waals surface area contributed by atoms with Gasteiger partial charge in [-0.1, -0.05) is 30.3 Å². The molecule has 0 bridgehead atoms. The molecule has 3 heterocycles. The van der Waals surface area contributed by atoms with E-state index < -0.39 is 0 Å². The highest BCUT2D eigenvalue weighted by Gasteiger charge is 2.30. The highest BCUT2D eigenvalue weighted by atomic mass is 16.1. The number of nitrogens with zero attached hydrogens (tertiary/aromatic N) is 5. The highest BCUT2D eigenvalue weighted by Crippen LogP contribution is 2.25. The molecular weight excluding hydrogens is 290 g/mol. The smallest absolute Gasteiger partial charge is 0.267 e. The lowest BCUT2D eigenvalue weighted by Gasteiger charge is -2.40. The minimum absolute atomic E-state index is 0.0705. The standard InChI is InChI=1S/C17H15N5O/c23-17-7-6-15(13-4-2-1-3-5-13)20-22(17)14-10-21(11-14)16-8-9-18-12-19-16/h1-9,12,14H,10-11H2. The van der Waals surface area contributed by atoms with E-state index in [2.05, 4.69) is 20.0 Å². The number of anilines is 1. The maximum absolute atomic E-state index is 12.1. The highest BCUT2D eigenvalue weighted by molar-refractivity contribution is 5.57. The van der Waals surface area contributed by atoms with Crippen LogP contribution in [0, 0.1) is 0 Å². The molecule has 0 radical (unpaired) electrons. The molecule has 3 aromatic rings. The van der Waals surface area contributed by atoms with Crippen molar-refractivity contribution in [3.63, 3.8) is 0 Å². The fraction of sp³-hybridized carbons (Fsp3) is 0.176. The van der Waals surface area contributed by atoms with Crippen molar-refractivity contribution >= 4 is 5.82 Å². The summed E-state index contributed by atoms with van der Waals surface area (Å²) in [6.07, 6.45) is 3.25. The second kappa shape index (κ2) is 5.64. The lowest BCUT2D eigenvalue weighted by atomic mass is 10.1. The third kappa shape index (κ3) is 2.59. The van der Waals surface area contributed by atoms with Crippen LogP contribution >= 0.6 is 0 Å². The zero-order valence-corrected chi connectivity index (χ0v) is 12.4. The van der Waals surface area contributed by atoms with Crippen LogP contribution in [0.1, 0.15) is 6.04 Å². The summed E-state index contributed by atoms with van der Waals surface area (Å²) in [5, 5.41) is 4.54. The maximum atomic E-state index is 12.1. The Morgan fingerprint density at radius 2 is 1.83 bits per heavy atom. The van der Waals surface area contributed by atoms with E-state index in [0.29, 0.717) is 0 Å². The third-order valence-electron chi connectivity index (χ3n) is 3.99. The zero-order chi connectivity index (χ0) is 15.6. The van der Waals surface area contributed by atoms with E-state index in [4.69, 9.17) is 0 Å². The molecule has 0 saturated carbocycles. The molecule has 0 amide bonds. The van der Waals surface area contributed by atoms with Crippen molar-refractivity contribution in [1.82, 2.24) is 19.7 Å². The summed E-state index contributed by atoms with van der Waals surface area (Å²) < 4.78 is 1.58. The Kier molecular flexibility index (Phi) is 3.34. The fourth-order valence-corrected chi connectivity index (χ4v) is 2.72. The van der Waals surface area contributed by atoms with E-state index in [9.17, 15) is 4.79 Å². The molecule has 1 aliphatic heterocycles. The summed E-state index contributed by atoms with van der Waals surface area (Å²) in [4.78, 5) is 22.4. The first kappa shape index (κ1) is 13.6. The first-order valence-electron chi connectivity index (χ1n) is 7.47. The second-order valence-corrected chi connectivity index (χ2v) is 5.49. The van der Waals surface area contributed by atoms with Gasteiger partial charge in [0.25, 0.3) is 5.56 Å². The summed E-state index contributed by atoms with van der Waals surface area (Å²) >= 11 is 0. The van der Waals surface area contributed by atoms with Gasteiger partial charge in [0.05, 0.1) is 11.7 Å². The Labute approximate surface area is 133 Å². The van der Waals surface area contributed by atoms with Crippen LogP contribution in [0.15, 0.2) is 65.8 Å². The minimum Gasteiger partial charge on any atom is -0.352 e. The Balaban J connectivity index is 1.58. The van der Waals surface area contributed by atoms with Crippen molar-refractivity contribution in [2.75, 3.05) is 18.0 Å². The van der Waals surface area contributed by atoms with Gasteiger partial charge in [0.2, 0.25) is 0 Å². The van der Waals surface area contributed by atoms with Gasteiger partial charge in [0.1, 0.15) is 12.1 Å². The average molecular weight is 305 g/mol. The van der Waals surface area contributed by atoms with Crippen molar-refractivity contribution in [3.05, 3.63) is 71.4 Å². The molecule has 114 valence electrons. The molecular formula is C17H15N5O. The minimum atomic E-state index is -0.0722. The Morgan fingerprint density at radius 1 is 1.00 bits per heavy atom. The van der Waals surface area contributed by atoms with Crippen LogP contribution in [0.2, 0.25) is 0 Å². The van der Waals surface area contributed by atoms with Gasteiger partial charge < -0.3 is 4.90 Å². The molecule has 0 spiro atoms. The quantitative estimate of drug-likeness (QED) is 0.738. The molecule has 1 fully saturated rings. The van der Waals surface area contributed by atoms with Gasteiger partial charge in [0.15, 0.2) is 0 Å². The van der Waals surface area contributed by atoms with E-state index in [1.165, 1.54) is 6.33 Å². The summed E-state index contributed by atoms with van der Waals surface area (Å²) in [7, 11) is 0. The van der Waals surface area contributed by atoms with Crippen LogP contribution in [0.5, 0.6) is 0 Å². The van der Waals surface area contributed by atoms with Crippen molar-refractivity contribution < 1.29 is 0 Å².